The molecule has 1 N–H and O–H groups in total. The lowest BCUT2D eigenvalue weighted by Gasteiger charge is -2.06. The number of hydrogen-bond acceptors (Lipinski definition) is 5. The molecule has 1 aromatic carbocycles. The summed E-state index contributed by atoms with van der Waals surface area (Å²) < 4.78 is 1.56. The average molecular weight is 263 g/mol. The Morgan fingerprint density at radius 1 is 1.05 bits per heavy atom. The van der Waals surface area contributed by atoms with Crippen LogP contribution in [0.2, 0.25) is 0 Å². The number of nitrogens with zero attached hydrogens (tertiary/aromatic N) is 5. The van der Waals surface area contributed by atoms with Crippen LogP contribution in [0.1, 0.15) is 5.69 Å². The molecule has 0 bridgehead atoms. The summed E-state index contributed by atoms with van der Waals surface area (Å²) in [7, 11) is 0. The number of phenols is 1. The number of nitriles is 1. The van der Waals surface area contributed by atoms with Gasteiger partial charge in [0, 0.05) is 18.0 Å². The van der Waals surface area contributed by atoms with Crippen LogP contribution in [0.25, 0.3) is 16.9 Å². The highest BCUT2D eigenvalue weighted by atomic mass is 16.3. The lowest BCUT2D eigenvalue weighted by molar-refractivity contribution is 0.475. The summed E-state index contributed by atoms with van der Waals surface area (Å²) in [4.78, 5) is 3.96. The van der Waals surface area contributed by atoms with E-state index < -0.39 is 0 Å². The van der Waals surface area contributed by atoms with Gasteiger partial charge in [0.15, 0.2) is 5.69 Å². The monoisotopic (exact) mass is 263 g/mol. The molecule has 0 fully saturated rings. The Morgan fingerprint density at radius 2 is 1.75 bits per heavy atom. The zero-order valence-electron chi connectivity index (χ0n) is 10.3. The highest BCUT2D eigenvalue weighted by Gasteiger charge is 2.15. The van der Waals surface area contributed by atoms with E-state index in [2.05, 4.69) is 15.3 Å². The smallest absolute Gasteiger partial charge is 0.191 e. The first-order chi connectivity index (χ1) is 9.79. The summed E-state index contributed by atoms with van der Waals surface area (Å²) in [5.74, 6) is 0.167. The summed E-state index contributed by atoms with van der Waals surface area (Å²) in [6, 6.07) is 12.1. The topological polar surface area (TPSA) is 87.6 Å². The molecule has 0 spiro atoms. The Kier molecular flexibility index (Phi) is 2.86. The van der Waals surface area contributed by atoms with Crippen molar-refractivity contribution in [3.8, 4) is 28.8 Å². The fourth-order valence-corrected chi connectivity index (χ4v) is 1.90. The molecule has 96 valence electrons. The SMILES string of the molecule is N#Cc1nnn(-c2ccc(O)cc2)c1-c1ccncc1. The molecule has 0 aliphatic carbocycles. The van der Waals surface area contributed by atoms with E-state index >= 15 is 0 Å². The maximum Gasteiger partial charge on any atom is 0.191 e. The van der Waals surface area contributed by atoms with E-state index in [0.717, 1.165) is 5.56 Å². The Labute approximate surface area is 114 Å². The van der Waals surface area contributed by atoms with E-state index in [1.165, 1.54) is 0 Å². The molecule has 0 aliphatic rings. The van der Waals surface area contributed by atoms with E-state index in [1.807, 2.05) is 6.07 Å². The minimum atomic E-state index is 0.167. The van der Waals surface area contributed by atoms with Crippen molar-refractivity contribution in [2.24, 2.45) is 0 Å². The molecule has 3 aromatic rings. The number of rotatable bonds is 2. The molecule has 6 heteroatoms. The Bertz CT molecular complexity index is 772. The number of phenolic OH excluding ortho intramolecular Hbond substituents is 1. The van der Waals surface area contributed by atoms with Crippen molar-refractivity contribution in [1.29, 1.82) is 5.26 Å². The van der Waals surface area contributed by atoms with Crippen molar-refractivity contribution >= 4 is 0 Å². The lowest BCUT2D eigenvalue weighted by atomic mass is 10.1. The summed E-state index contributed by atoms with van der Waals surface area (Å²) in [6.45, 7) is 0. The van der Waals surface area contributed by atoms with E-state index in [-0.39, 0.29) is 11.4 Å². The van der Waals surface area contributed by atoms with Crippen molar-refractivity contribution in [3.05, 3.63) is 54.5 Å². The van der Waals surface area contributed by atoms with Crippen LogP contribution in [0, 0.1) is 11.3 Å². The largest absolute Gasteiger partial charge is 0.508 e. The van der Waals surface area contributed by atoms with Gasteiger partial charge < -0.3 is 5.11 Å². The van der Waals surface area contributed by atoms with Crippen molar-refractivity contribution in [3.63, 3.8) is 0 Å². The van der Waals surface area contributed by atoms with Gasteiger partial charge in [-0.05, 0) is 36.4 Å². The molecule has 20 heavy (non-hydrogen) atoms. The van der Waals surface area contributed by atoms with Crippen LogP contribution in [0.15, 0.2) is 48.8 Å². The molecule has 0 radical (unpaired) electrons. The quantitative estimate of drug-likeness (QED) is 0.763. The predicted molar refractivity (Wildman–Crippen MR) is 71.0 cm³/mol. The number of hydrogen-bond donors (Lipinski definition) is 1. The first kappa shape index (κ1) is 11.9. The zero-order chi connectivity index (χ0) is 13.9. The third-order valence-corrected chi connectivity index (χ3v) is 2.82. The normalized spacial score (nSPS) is 10.2. The van der Waals surface area contributed by atoms with Crippen molar-refractivity contribution in [2.45, 2.75) is 0 Å². The molecule has 6 nitrogen and oxygen atoms in total. The summed E-state index contributed by atoms with van der Waals surface area (Å²) in [5.41, 5.74) is 2.35. The fraction of sp³-hybridized carbons (Fsp3) is 0. The molecule has 2 aromatic heterocycles. The van der Waals surface area contributed by atoms with Gasteiger partial charge in [0.1, 0.15) is 17.5 Å². The summed E-state index contributed by atoms with van der Waals surface area (Å²) in [5, 5.41) is 26.4. The highest BCUT2D eigenvalue weighted by molar-refractivity contribution is 5.66. The van der Waals surface area contributed by atoms with E-state index in [1.54, 1.807) is 53.5 Å². The third-order valence-electron chi connectivity index (χ3n) is 2.82. The number of aromatic nitrogens is 4. The van der Waals surface area contributed by atoms with Gasteiger partial charge in [-0.3, -0.25) is 4.98 Å². The lowest BCUT2D eigenvalue weighted by Crippen LogP contribution is -1.99. The van der Waals surface area contributed by atoms with Crippen LogP contribution in [-0.4, -0.2) is 25.1 Å². The molecule has 0 saturated heterocycles. The summed E-state index contributed by atoms with van der Waals surface area (Å²) >= 11 is 0. The molecular weight excluding hydrogens is 254 g/mol. The maximum absolute atomic E-state index is 9.34. The molecule has 0 aliphatic heterocycles. The van der Waals surface area contributed by atoms with Crippen LogP contribution in [-0.2, 0) is 0 Å². The second-order valence-corrected chi connectivity index (χ2v) is 4.06. The minimum absolute atomic E-state index is 0.167. The van der Waals surface area contributed by atoms with E-state index in [0.29, 0.717) is 11.4 Å². The van der Waals surface area contributed by atoms with Gasteiger partial charge in [-0.25, -0.2) is 4.68 Å². The van der Waals surface area contributed by atoms with E-state index in [9.17, 15) is 5.11 Å². The van der Waals surface area contributed by atoms with Gasteiger partial charge in [0.25, 0.3) is 0 Å². The minimum Gasteiger partial charge on any atom is -0.508 e. The Morgan fingerprint density at radius 3 is 2.40 bits per heavy atom. The van der Waals surface area contributed by atoms with Crippen LogP contribution in [0.4, 0.5) is 0 Å². The molecule has 2 heterocycles. The maximum atomic E-state index is 9.34. The number of pyridine rings is 1. The standard InChI is InChI=1S/C14H9N5O/c15-9-13-14(10-5-7-16-8-6-10)19(18-17-13)11-1-3-12(20)4-2-11/h1-8,20H. The molecule has 0 atom stereocenters. The molecule has 0 unspecified atom stereocenters. The van der Waals surface area contributed by atoms with Gasteiger partial charge in [-0.15, -0.1) is 5.10 Å². The van der Waals surface area contributed by atoms with Crippen LogP contribution in [0.5, 0.6) is 5.75 Å². The van der Waals surface area contributed by atoms with Crippen molar-refractivity contribution in [2.75, 3.05) is 0 Å². The van der Waals surface area contributed by atoms with Crippen molar-refractivity contribution < 1.29 is 5.11 Å². The fourth-order valence-electron chi connectivity index (χ4n) is 1.90. The molecular formula is C14H9N5O. The van der Waals surface area contributed by atoms with Crippen LogP contribution < -0.4 is 0 Å². The highest BCUT2D eigenvalue weighted by Crippen LogP contribution is 2.24. The van der Waals surface area contributed by atoms with Gasteiger partial charge in [0.05, 0.1) is 5.69 Å². The second kappa shape index (κ2) is 4.82. The van der Waals surface area contributed by atoms with Crippen molar-refractivity contribution in [1.82, 2.24) is 20.0 Å². The average Bonchev–Trinajstić information content (AvgIpc) is 2.93. The van der Waals surface area contributed by atoms with Gasteiger partial charge in [-0.2, -0.15) is 5.26 Å². The number of aromatic hydroxyl groups is 1. The molecule has 0 amide bonds. The summed E-state index contributed by atoms with van der Waals surface area (Å²) in [6.07, 6.45) is 3.29. The van der Waals surface area contributed by atoms with Gasteiger partial charge >= 0.3 is 0 Å². The molecule has 3 rings (SSSR count). The molecule has 0 saturated carbocycles. The first-order valence-corrected chi connectivity index (χ1v) is 5.85. The number of benzene rings is 1. The zero-order valence-corrected chi connectivity index (χ0v) is 10.3. The van der Waals surface area contributed by atoms with E-state index in [4.69, 9.17) is 5.26 Å². The Hall–Kier alpha value is -3.20. The van der Waals surface area contributed by atoms with Gasteiger partial charge in [-0.1, -0.05) is 5.21 Å². The third kappa shape index (κ3) is 1.97. The first-order valence-electron chi connectivity index (χ1n) is 5.85. The Balaban J connectivity index is 2.21. The second-order valence-electron chi connectivity index (χ2n) is 4.06. The van der Waals surface area contributed by atoms with Crippen LogP contribution in [0.3, 0.4) is 0 Å². The van der Waals surface area contributed by atoms with Crippen LogP contribution >= 0.6 is 0 Å². The predicted octanol–water partition coefficient (Wildman–Crippen LogP) is 1.91. The van der Waals surface area contributed by atoms with Gasteiger partial charge in [0.2, 0.25) is 0 Å².